The Morgan fingerprint density at radius 1 is 0.386 bits per heavy atom. The van der Waals surface area contributed by atoms with E-state index in [4.69, 9.17) is 9.97 Å². The van der Waals surface area contributed by atoms with Gasteiger partial charge in [-0.05, 0) is 58.7 Å². The topological polar surface area (TPSA) is 35.1 Å². The van der Waals surface area contributed by atoms with Crippen LogP contribution in [0.5, 0.6) is 0 Å². The van der Waals surface area contributed by atoms with Crippen LogP contribution >= 0.6 is 11.3 Å². The zero-order valence-corrected chi connectivity index (χ0v) is 31.3. The number of hydrogen-bond donors (Lipinski definition) is 0. The highest BCUT2D eigenvalue weighted by molar-refractivity contribution is 7.26. The molecular formula is C52H30N4S. The van der Waals surface area contributed by atoms with Crippen LogP contribution in [0.15, 0.2) is 182 Å². The Bertz CT molecular complexity index is 3730. The smallest absolute Gasteiger partial charge is 0.162 e. The fourth-order valence-electron chi connectivity index (χ4n) is 9.34. The Morgan fingerprint density at radius 2 is 0.965 bits per heavy atom. The lowest BCUT2D eigenvalue weighted by atomic mass is 9.98. The molecule has 5 heterocycles. The zero-order valence-electron chi connectivity index (χ0n) is 30.5. The van der Waals surface area contributed by atoms with Gasteiger partial charge in [-0.2, -0.15) is 0 Å². The first kappa shape index (κ1) is 30.9. The minimum Gasteiger partial charge on any atom is -0.308 e. The van der Waals surface area contributed by atoms with Gasteiger partial charge in [-0.25, -0.2) is 9.97 Å². The highest BCUT2D eigenvalue weighted by atomic mass is 32.1. The molecule has 0 saturated heterocycles. The van der Waals surface area contributed by atoms with E-state index in [2.05, 4.69) is 185 Å². The van der Waals surface area contributed by atoms with E-state index in [1.54, 1.807) is 11.3 Å². The number of hydrogen-bond acceptors (Lipinski definition) is 3. The minimum atomic E-state index is 0.721. The standard InChI is InChI=1S/C52H30N4S/c1-3-13-31(14-4-1)32-23-25-33(26-24-32)35-27-28-44-39(29-35)41-30-40-36-17-7-10-20-42(36)55-43-21-11-8-18-37(43)46(48(40)55)49(41)56(44)52-50-47(38-19-9-12-22-45(38)57-50)53-51(54-52)34-15-5-2-6-16-34/h1-30H. The summed E-state index contributed by atoms with van der Waals surface area (Å²) in [5.41, 5.74) is 12.7. The average molecular weight is 743 g/mol. The van der Waals surface area contributed by atoms with Gasteiger partial charge in [-0.15, -0.1) is 11.3 Å². The number of benzene rings is 8. The van der Waals surface area contributed by atoms with Gasteiger partial charge in [0.25, 0.3) is 0 Å². The minimum absolute atomic E-state index is 0.721. The lowest BCUT2D eigenvalue weighted by Crippen LogP contribution is -2.01. The van der Waals surface area contributed by atoms with E-state index in [9.17, 15) is 0 Å². The summed E-state index contributed by atoms with van der Waals surface area (Å²) >= 11 is 1.78. The molecule has 13 rings (SSSR count). The molecule has 5 heteroatoms. The van der Waals surface area contributed by atoms with E-state index >= 15 is 0 Å². The van der Waals surface area contributed by atoms with Crippen molar-refractivity contribution in [3.8, 4) is 39.5 Å². The maximum atomic E-state index is 5.55. The Morgan fingerprint density at radius 3 is 1.74 bits per heavy atom. The van der Waals surface area contributed by atoms with Crippen LogP contribution in [0, 0.1) is 0 Å². The van der Waals surface area contributed by atoms with E-state index in [1.807, 2.05) is 6.07 Å². The summed E-state index contributed by atoms with van der Waals surface area (Å²) in [6.45, 7) is 0. The molecule has 0 atom stereocenters. The molecule has 57 heavy (non-hydrogen) atoms. The maximum Gasteiger partial charge on any atom is 0.162 e. The van der Waals surface area contributed by atoms with Crippen molar-refractivity contribution in [1.82, 2.24) is 18.9 Å². The van der Waals surface area contributed by atoms with Crippen molar-refractivity contribution in [1.29, 1.82) is 0 Å². The van der Waals surface area contributed by atoms with Crippen LogP contribution in [0.25, 0.3) is 120 Å². The molecule has 0 aliphatic heterocycles. The molecule has 5 aromatic heterocycles. The molecule has 0 aliphatic rings. The van der Waals surface area contributed by atoms with E-state index in [0.717, 1.165) is 38.3 Å². The van der Waals surface area contributed by atoms with Crippen molar-refractivity contribution in [2.45, 2.75) is 0 Å². The van der Waals surface area contributed by atoms with E-state index in [-0.39, 0.29) is 0 Å². The van der Waals surface area contributed by atoms with E-state index in [1.165, 1.54) is 81.3 Å². The monoisotopic (exact) mass is 742 g/mol. The number of thiophene rings is 1. The highest BCUT2D eigenvalue weighted by Crippen LogP contribution is 2.48. The Labute approximate surface area is 330 Å². The molecule has 0 bridgehead atoms. The predicted molar refractivity (Wildman–Crippen MR) is 240 cm³/mol. The summed E-state index contributed by atoms with van der Waals surface area (Å²) in [7, 11) is 0. The molecule has 264 valence electrons. The molecule has 8 aromatic carbocycles. The zero-order chi connectivity index (χ0) is 37.2. The van der Waals surface area contributed by atoms with Crippen molar-refractivity contribution in [2.75, 3.05) is 0 Å². The van der Waals surface area contributed by atoms with Gasteiger partial charge in [-0.1, -0.05) is 146 Å². The number of rotatable bonds is 4. The summed E-state index contributed by atoms with van der Waals surface area (Å²) in [5.74, 6) is 1.63. The first-order valence-corrected chi connectivity index (χ1v) is 20.2. The van der Waals surface area contributed by atoms with Gasteiger partial charge in [0.15, 0.2) is 11.6 Å². The first-order valence-electron chi connectivity index (χ1n) is 19.3. The van der Waals surface area contributed by atoms with Crippen LogP contribution in [0.3, 0.4) is 0 Å². The van der Waals surface area contributed by atoms with Crippen molar-refractivity contribution in [3.05, 3.63) is 182 Å². The van der Waals surface area contributed by atoms with Crippen molar-refractivity contribution < 1.29 is 0 Å². The molecule has 0 aliphatic carbocycles. The van der Waals surface area contributed by atoms with Gasteiger partial charge in [0.05, 0.1) is 37.8 Å². The molecule has 0 radical (unpaired) electrons. The van der Waals surface area contributed by atoms with Crippen LogP contribution < -0.4 is 0 Å². The van der Waals surface area contributed by atoms with Crippen LogP contribution in [-0.4, -0.2) is 18.9 Å². The summed E-state index contributed by atoms with van der Waals surface area (Å²) in [6, 6.07) is 65.7. The average Bonchev–Trinajstić information content (AvgIpc) is 4.02. The predicted octanol–water partition coefficient (Wildman–Crippen LogP) is 14.1. The van der Waals surface area contributed by atoms with Gasteiger partial charge in [-0.3, -0.25) is 4.57 Å². The second-order valence-electron chi connectivity index (χ2n) is 14.9. The first-order chi connectivity index (χ1) is 28.3. The van der Waals surface area contributed by atoms with Gasteiger partial charge >= 0.3 is 0 Å². The molecule has 0 amide bonds. The number of aromatic nitrogens is 4. The number of para-hydroxylation sites is 2. The van der Waals surface area contributed by atoms with Gasteiger partial charge in [0.2, 0.25) is 0 Å². The normalized spacial score (nSPS) is 12.2. The Balaban J connectivity index is 1.20. The summed E-state index contributed by atoms with van der Waals surface area (Å²) in [5, 5.41) is 8.57. The van der Waals surface area contributed by atoms with Gasteiger partial charge in [0.1, 0.15) is 0 Å². The molecular weight excluding hydrogens is 713 g/mol. The fraction of sp³-hybridized carbons (Fsp3) is 0. The van der Waals surface area contributed by atoms with Crippen molar-refractivity contribution >= 4 is 91.5 Å². The third-order valence-corrected chi connectivity index (χ3v) is 13.0. The third kappa shape index (κ3) is 4.32. The lowest BCUT2D eigenvalue weighted by molar-refractivity contribution is 1.08. The fourth-order valence-corrected chi connectivity index (χ4v) is 10.5. The van der Waals surface area contributed by atoms with Gasteiger partial charge < -0.3 is 4.40 Å². The quantitative estimate of drug-likeness (QED) is 0.180. The van der Waals surface area contributed by atoms with E-state index < -0.39 is 0 Å². The second-order valence-corrected chi connectivity index (χ2v) is 16.0. The van der Waals surface area contributed by atoms with Gasteiger partial charge in [0, 0.05) is 48.0 Å². The van der Waals surface area contributed by atoms with E-state index in [0.29, 0.717) is 0 Å². The molecule has 0 fully saturated rings. The largest absolute Gasteiger partial charge is 0.308 e. The van der Waals surface area contributed by atoms with Crippen LogP contribution in [0.1, 0.15) is 0 Å². The molecule has 0 unspecified atom stereocenters. The molecule has 0 N–H and O–H groups in total. The number of nitrogens with zero attached hydrogens (tertiary/aromatic N) is 4. The van der Waals surface area contributed by atoms with Crippen LogP contribution in [-0.2, 0) is 0 Å². The number of fused-ring (bicyclic) bond motifs is 13. The van der Waals surface area contributed by atoms with Crippen molar-refractivity contribution in [2.24, 2.45) is 0 Å². The summed E-state index contributed by atoms with van der Waals surface area (Å²) in [4.78, 5) is 10.9. The summed E-state index contributed by atoms with van der Waals surface area (Å²) in [6.07, 6.45) is 0. The maximum absolute atomic E-state index is 5.55. The van der Waals surface area contributed by atoms with Crippen molar-refractivity contribution in [3.63, 3.8) is 0 Å². The molecule has 4 nitrogen and oxygen atoms in total. The third-order valence-electron chi connectivity index (χ3n) is 11.9. The molecule has 0 spiro atoms. The van der Waals surface area contributed by atoms with Crippen LogP contribution in [0.4, 0.5) is 0 Å². The lowest BCUT2D eigenvalue weighted by Gasteiger charge is -2.12. The summed E-state index contributed by atoms with van der Waals surface area (Å²) < 4.78 is 7.21. The molecule has 0 saturated carbocycles. The molecule has 13 aromatic rings. The Hall–Kier alpha value is -7.34. The highest BCUT2D eigenvalue weighted by Gasteiger charge is 2.27. The SMILES string of the molecule is c1ccc(-c2ccc(-c3ccc4c(c3)c3cc5c6ccccc6n6c7ccccc7c(c3n4-c3nc(-c4ccccc4)nc4c3sc3ccccc34)c56)cc2)cc1. The Kier molecular flexibility index (Phi) is 6.29. The second kappa shape index (κ2) is 11.6. The van der Waals surface area contributed by atoms with Crippen LogP contribution in [0.2, 0.25) is 0 Å².